The standard InChI is InChI=1S/C9H10FNO2/c1-5(2)6-3-8(10)11-4-7(6)9(12)13/h3-5H,1-2H3,(H,12,13). The first-order chi connectivity index (χ1) is 6.02. The fourth-order valence-corrected chi connectivity index (χ4v) is 1.10. The van der Waals surface area contributed by atoms with Crippen molar-refractivity contribution in [3.05, 3.63) is 29.3 Å². The minimum absolute atomic E-state index is 0.0244. The zero-order valence-corrected chi connectivity index (χ0v) is 7.41. The highest BCUT2D eigenvalue weighted by Gasteiger charge is 2.13. The highest BCUT2D eigenvalue weighted by Crippen LogP contribution is 2.19. The minimum Gasteiger partial charge on any atom is -0.478 e. The third kappa shape index (κ3) is 2.02. The average Bonchev–Trinajstić information content (AvgIpc) is 2.03. The number of halogens is 1. The molecule has 0 fully saturated rings. The Bertz CT molecular complexity index is 336. The molecule has 0 spiro atoms. The lowest BCUT2D eigenvalue weighted by atomic mass is 9.99. The first-order valence-corrected chi connectivity index (χ1v) is 3.91. The molecular formula is C9H10FNO2. The van der Waals surface area contributed by atoms with E-state index in [-0.39, 0.29) is 11.5 Å². The Hall–Kier alpha value is -1.45. The van der Waals surface area contributed by atoms with Gasteiger partial charge in [-0.3, -0.25) is 0 Å². The number of rotatable bonds is 2. The van der Waals surface area contributed by atoms with Crippen LogP contribution in [0.25, 0.3) is 0 Å². The van der Waals surface area contributed by atoms with Crippen molar-refractivity contribution in [1.29, 1.82) is 0 Å². The van der Waals surface area contributed by atoms with Gasteiger partial charge in [0, 0.05) is 6.20 Å². The summed E-state index contributed by atoms with van der Waals surface area (Å²) in [6, 6.07) is 1.16. The fraction of sp³-hybridized carbons (Fsp3) is 0.333. The molecule has 0 aliphatic carbocycles. The molecule has 0 amide bonds. The van der Waals surface area contributed by atoms with Crippen molar-refractivity contribution in [2.45, 2.75) is 19.8 Å². The summed E-state index contributed by atoms with van der Waals surface area (Å²) < 4.78 is 12.7. The van der Waals surface area contributed by atoms with Gasteiger partial charge in [-0.1, -0.05) is 13.8 Å². The van der Waals surface area contributed by atoms with Gasteiger partial charge in [-0.05, 0) is 17.5 Å². The SMILES string of the molecule is CC(C)c1cc(F)ncc1C(=O)O. The van der Waals surface area contributed by atoms with Gasteiger partial charge < -0.3 is 5.11 Å². The van der Waals surface area contributed by atoms with Crippen molar-refractivity contribution in [3.63, 3.8) is 0 Å². The number of nitrogens with zero attached hydrogens (tertiary/aromatic N) is 1. The van der Waals surface area contributed by atoms with Crippen molar-refractivity contribution in [1.82, 2.24) is 4.98 Å². The van der Waals surface area contributed by atoms with Crippen LogP contribution in [0.3, 0.4) is 0 Å². The third-order valence-electron chi connectivity index (χ3n) is 1.76. The summed E-state index contributed by atoms with van der Waals surface area (Å²) in [6.07, 6.45) is 1.05. The highest BCUT2D eigenvalue weighted by molar-refractivity contribution is 5.89. The molecular weight excluding hydrogens is 173 g/mol. The Balaban J connectivity index is 3.26. The Morgan fingerprint density at radius 3 is 2.69 bits per heavy atom. The van der Waals surface area contributed by atoms with E-state index in [0.29, 0.717) is 5.56 Å². The van der Waals surface area contributed by atoms with Crippen LogP contribution in [-0.2, 0) is 0 Å². The van der Waals surface area contributed by atoms with Crippen LogP contribution in [0.2, 0.25) is 0 Å². The molecule has 0 aliphatic rings. The summed E-state index contributed by atoms with van der Waals surface area (Å²) >= 11 is 0. The van der Waals surface area contributed by atoms with Crippen LogP contribution in [0, 0.1) is 5.95 Å². The van der Waals surface area contributed by atoms with Gasteiger partial charge in [0.2, 0.25) is 5.95 Å². The quantitative estimate of drug-likeness (QED) is 0.714. The molecule has 0 unspecified atom stereocenters. The molecule has 3 nitrogen and oxygen atoms in total. The molecule has 1 aromatic heterocycles. The maximum absolute atomic E-state index is 12.7. The molecule has 1 rings (SSSR count). The van der Waals surface area contributed by atoms with Crippen molar-refractivity contribution < 1.29 is 14.3 Å². The van der Waals surface area contributed by atoms with E-state index in [1.807, 2.05) is 0 Å². The topological polar surface area (TPSA) is 50.2 Å². The van der Waals surface area contributed by atoms with E-state index in [2.05, 4.69) is 4.98 Å². The van der Waals surface area contributed by atoms with E-state index in [0.717, 1.165) is 12.3 Å². The van der Waals surface area contributed by atoms with Gasteiger partial charge in [-0.15, -0.1) is 0 Å². The summed E-state index contributed by atoms with van der Waals surface area (Å²) in [7, 11) is 0. The van der Waals surface area contributed by atoms with Gasteiger partial charge in [0.25, 0.3) is 0 Å². The highest BCUT2D eigenvalue weighted by atomic mass is 19.1. The van der Waals surface area contributed by atoms with Crippen LogP contribution in [0.4, 0.5) is 4.39 Å². The van der Waals surface area contributed by atoms with Gasteiger partial charge in [-0.25, -0.2) is 9.78 Å². The van der Waals surface area contributed by atoms with Crippen molar-refractivity contribution >= 4 is 5.97 Å². The predicted molar refractivity (Wildman–Crippen MR) is 45.2 cm³/mol. The predicted octanol–water partition coefficient (Wildman–Crippen LogP) is 2.04. The summed E-state index contributed by atoms with van der Waals surface area (Å²) in [5.74, 6) is -1.74. The summed E-state index contributed by atoms with van der Waals surface area (Å²) in [5, 5.41) is 8.74. The van der Waals surface area contributed by atoms with Crippen LogP contribution in [0.5, 0.6) is 0 Å². The van der Waals surface area contributed by atoms with Crippen LogP contribution in [-0.4, -0.2) is 16.1 Å². The number of carbonyl (C=O) groups is 1. The Labute approximate surface area is 75.2 Å². The van der Waals surface area contributed by atoms with Gasteiger partial charge in [-0.2, -0.15) is 4.39 Å². The largest absolute Gasteiger partial charge is 0.478 e. The molecule has 70 valence electrons. The van der Waals surface area contributed by atoms with E-state index in [1.165, 1.54) is 0 Å². The second-order valence-corrected chi connectivity index (χ2v) is 3.05. The lowest BCUT2D eigenvalue weighted by Crippen LogP contribution is -2.05. The number of pyridine rings is 1. The molecule has 1 N–H and O–H groups in total. The van der Waals surface area contributed by atoms with Crippen molar-refractivity contribution in [2.75, 3.05) is 0 Å². The second kappa shape index (κ2) is 3.51. The monoisotopic (exact) mass is 183 g/mol. The molecule has 0 bridgehead atoms. The molecule has 0 saturated carbocycles. The van der Waals surface area contributed by atoms with E-state index >= 15 is 0 Å². The van der Waals surface area contributed by atoms with E-state index < -0.39 is 11.9 Å². The summed E-state index contributed by atoms with van der Waals surface area (Å²) in [6.45, 7) is 3.61. The maximum atomic E-state index is 12.7. The Kier molecular flexibility index (Phi) is 2.60. The maximum Gasteiger partial charge on any atom is 0.337 e. The molecule has 1 aromatic rings. The fourth-order valence-electron chi connectivity index (χ4n) is 1.10. The molecule has 0 atom stereocenters. The zero-order valence-electron chi connectivity index (χ0n) is 7.41. The molecule has 1 heterocycles. The molecule has 13 heavy (non-hydrogen) atoms. The number of carboxylic acid groups (broad SMARTS) is 1. The lowest BCUT2D eigenvalue weighted by Gasteiger charge is -2.08. The Morgan fingerprint density at radius 2 is 2.23 bits per heavy atom. The number of hydrogen-bond acceptors (Lipinski definition) is 2. The number of carboxylic acids is 1. The summed E-state index contributed by atoms with van der Waals surface area (Å²) in [5.41, 5.74) is 0.538. The third-order valence-corrected chi connectivity index (χ3v) is 1.76. The minimum atomic E-state index is -1.07. The molecule has 0 aliphatic heterocycles. The number of hydrogen-bond donors (Lipinski definition) is 1. The normalized spacial score (nSPS) is 10.5. The smallest absolute Gasteiger partial charge is 0.337 e. The second-order valence-electron chi connectivity index (χ2n) is 3.05. The van der Waals surface area contributed by atoms with Gasteiger partial charge in [0.15, 0.2) is 0 Å². The first kappa shape index (κ1) is 9.64. The van der Waals surface area contributed by atoms with Crippen molar-refractivity contribution in [2.24, 2.45) is 0 Å². The molecule has 4 heteroatoms. The number of aromatic carboxylic acids is 1. The van der Waals surface area contributed by atoms with Crippen LogP contribution < -0.4 is 0 Å². The number of aromatic nitrogens is 1. The molecule has 0 aromatic carbocycles. The van der Waals surface area contributed by atoms with Crippen LogP contribution >= 0.6 is 0 Å². The van der Waals surface area contributed by atoms with Crippen LogP contribution in [0.15, 0.2) is 12.3 Å². The zero-order chi connectivity index (χ0) is 10.0. The van der Waals surface area contributed by atoms with E-state index in [9.17, 15) is 9.18 Å². The van der Waals surface area contributed by atoms with E-state index in [1.54, 1.807) is 13.8 Å². The van der Waals surface area contributed by atoms with Crippen LogP contribution in [0.1, 0.15) is 35.7 Å². The summed E-state index contributed by atoms with van der Waals surface area (Å²) in [4.78, 5) is 14.0. The van der Waals surface area contributed by atoms with Gasteiger partial charge >= 0.3 is 5.97 Å². The average molecular weight is 183 g/mol. The first-order valence-electron chi connectivity index (χ1n) is 3.91. The Morgan fingerprint density at radius 1 is 1.62 bits per heavy atom. The van der Waals surface area contributed by atoms with Gasteiger partial charge in [0.05, 0.1) is 5.56 Å². The molecule has 0 saturated heterocycles. The molecule has 0 radical (unpaired) electrons. The van der Waals surface area contributed by atoms with Crippen molar-refractivity contribution in [3.8, 4) is 0 Å². The lowest BCUT2D eigenvalue weighted by molar-refractivity contribution is 0.0694. The van der Waals surface area contributed by atoms with E-state index in [4.69, 9.17) is 5.11 Å². The van der Waals surface area contributed by atoms with Gasteiger partial charge in [0.1, 0.15) is 0 Å².